The fraction of sp³-hybridized carbons (Fsp3) is 0.188. The van der Waals surface area contributed by atoms with Crippen molar-refractivity contribution < 1.29 is 9.53 Å². The number of rotatable bonds is 3. The van der Waals surface area contributed by atoms with E-state index in [0.29, 0.717) is 22.9 Å². The summed E-state index contributed by atoms with van der Waals surface area (Å²) in [7, 11) is 0. The van der Waals surface area contributed by atoms with Crippen LogP contribution in [0.2, 0.25) is 5.02 Å². The van der Waals surface area contributed by atoms with Gasteiger partial charge >= 0.3 is 0 Å². The predicted octanol–water partition coefficient (Wildman–Crippen LogP) is 2.91. The number of ether oxygens (including phenoxy) is 1. The smallest absolute Gasteiger partial charge is 0.262 e. The molecule has 0 spiro atoms. The molecule has 0 saturated carbocycles. The number of amides is 1. The van der Waals surface area contributed by atoms with Gasteiger partial charge in [-0.05, 0) is 35.7 Å². The first-order valence-electron chi connectivity index (χ1n) is 6.69. The van der Waals surface area contributed by atoms with E-state index in [9.17, 15) is 4.79 Å². The van der Waals surface area contributed by atoms with Crippen molar-refractivity contribution in [1.82, 2.24) is 0 Å². The number of nitrogens with one attached hydrogen (secondary N) is 1. The van der Waals surface area contributed by atoms with Gasteiger partial charge in [0, 0.05) is 11.1 Å². The second-order valence-corrected chi connectivity index (χ2v) is 5.40. The Balaban J connectivity index is 1.82. The number of hydrogen-bond acceptors (Lipinski definition) is 3. The molecule has 0 radical (unpaired) electrons. The third-order valence-corrected chi connectivity index (χ3v) is 3.83. The van der Waals surface area contributed by atoms with Gasteiger partial charge in [-0.25, -0.2) is 0 Å². The van der Waals surface area contributed by atoms with Gasteiger partial charge in [0.15, 0.2) is 6.61 Å². The van der Waals surface area contributed by atoms with Crippen molar-refractivity contribution in [2.75, 3.05) is 11.9 Å². The topological polar surface area (TPSA) is 64.3 Å². The molecule has 1 atom stereocenters. The van der Waals surface area contributed by atoms with E-state index >= 15 is 0 Å². The molecule has 1 aliphatic heterocycles. The molecule has 0 saturated heterocycles. The van der Waals surface area contributed by atoms with Crippen LogP contribution < -0.4 is 15.8 Å². The van der Waals surface area contributed by atoms with Crippen LogP contribution in [0.4, 0.5) is 5.69 Å². The molecule has 108 valence electrons. The van der Waals surface area contributed by atoms with Crippen LogP contribution in [-0.2, 0) is 11.2 Å². The van der Waals surface area contributed by atoms with Crippen LogP contribution in [0.25, 0.3) is 0 Å². The van der Waals surface area contributed by atoms with Gasteiger partial charge in [-0.15, -0.1) is 0 Å². The molecule has 1 amide bonds. The van der Waals surface area contributed by atoms with Crippen LogP contribution in [0.3, 0.4) is 0 Å². The van der Waals surface area contributed by atoms with E-state index < -0.39 is 0 Å². The maximum atomic E-state index is 11.4. The fourth-order valence-corrected chi connectivity index (χ4v) is 2.56. The van der Waals surface area contributed by atoms with Crippen LogP contribution in [0.5, 0.6) is 5.75 Å². The van der Waals surface area contributed by atoms with Gasteiger partial charge in [-0.1, -0.05) is 35.9 Å². The molecule has 3 rings (SSSR count). The Morgan fingerprint density at radius 1 is 1.29 bits per heavy atom. The van der Waals surface area contributed by atoms with Gasteiger partial charge in [0.1, 0.15) is 5.75 Å². The highest BCUT2D eigenvalue weighted by Crippen LogP contribution is 2.31. The summed E-state index contributed by atoms with van der Waals surface area (Å²) in [6.07, 6.45) is 0.632. The molecule has 1 aliphatic rings. The summed E-state index contributed by atoms with van der Waals surface area (Å²) in [5.74, 6) is 0.516. The van der Waals surface area contributed by atoms with Crippen molar-refractivity contribution in [3.05, 3.63) is 58.6 Å². The molecule has 1 heterocycles. The van der Waals surface area contributed by atoms with Crippen molar-refractivity contribution >= 4 is 23.2 Å². The summed E-state index contributed by atoms with van der Waals surface area (Å²) in [5.41, 5.74) is 8.85. The average Bonchev–Trinajstić information content (AvgIpc) is 2.48. The van der Waals surface area contributed by atoms with E-state index in [1.54, 1.807) is 0 Å². The number of nitrogens with two attached hydrogens (primary N) is 1. The lowest BCUT2D eigenvalue weighted by Crippen LogP contribution is -2.25. The van der Waals surface area contributed by atoms with Crippen molar-refractivity contribution in [2.24, 2.45) is 5.73 Å². The van der Waals surface area contributed by atoms with Crippen molar-refractivity contribution in [3.8, 4) is 5.75 Å². The van der Waals surface area contributed by atoms with Gasteiger partial charge in [-0.2, -0.15) is 0 Å². The van der Waals surface area contributed by atoms with Crippen LogP contribution in [0, 0.1) is 0 Å². The van der Waals surface area contributed by atoms with Gasteiger partial charge in [0.25, 0.3) is 5.91 Å². The van der Waals surface area contributed by atoms with Gasteiger partial charge in [0.2, 0.25) is 0 Å². The molecular weight excluding hydrogens is 288 g/mol. The Morgan fingerprint density at radius 3 is 2.90 bits per heavy atom. The predicted molar refractivity (Wildman–Crippen MR) is 82.7 cm³/mol. The number of carbonyl (C=O) groups is 1. The minimum atomic E-state index is -0.200. The minimum absolute atomic E-state index is 0.0536. The monoisotopic (exact) mass is 302 g/mol. The molecule has 1 unspecified atom stereocenters. The van der Waals surface area contributed by atoms with Gasteiger partial charge in [-0.3, -0.25) is 4.79 Å². The number of benzene rings is 2. The van der Waals surface area contributed by atoms with Crippen LogP contribution in [0.1, 0.15) is 17.2 Å². The quantitative estimate of drug-likeness (QED) is 0.916. The van der Waals surface area contributed by atoms with E-state index in [0.717, 1.165) is 11.1 Å². The SMILES string of the molecule is NC(Cc1ccccc1Cl)c1ccc2c(c1)NC(=O)CO2. The third kappa shape index (κ3) is 3.01. The zero-order valence-corrected chi connectivity index (χ0v) is 12.1. The summed E-state index contributed by atoms with van der Waals surface area (Å²) in [6.45, 7) is 0.0536. The summed E-state index contributed by atoms with van der Waals surface area (Å²) in [4.78, 5) is 11.4. The van der Waals surface area contributed by atoms with Gasteiger partial charge in [0.05, 0.1) is 5.69 Å². The van der Waals surface area contributed by atoms with E-state index in [-0.39, 0.29) is 18.6 Å². The maximum Gasteiger partial charge on any atom is 0.262 e. The number of fused-ring (bicyclic) bond motifs is 1. The van der Waals surface area contributed by atoms with E-state index in [1.165, 1.54) is 0 Å². The van der Waals surface area contributed by atoms with E-state index in [2.05, 4.69) is 5.32 Å². The summed E-state index contributed by atoms with van der Waals surface area (Å²) in [5, 5.41) is 3.50. The number of carbonyl (C=O) groups excluding carboxylic acids is 1. The lowest BCUT2D eigenvalue weighted by atomic mass is 9.99. The number of halogens is 1. The van der Waals surface area contributed by atoms with Crippen molar-refractivity contribution in [1.29, 1.82) is 0 Å². The maximum absolute atomic E-state index is 11.4. The summed E-state index contributed by atoms with van der Waals surface area (Å²) in [6, 6.07) is 13.0. The molecule has 4 nitrogen and oxygen atoms in total. The fourth-order valence-electron chi connectivity index (χ4n) is 2.35. The first kappa shape index (κ1) is 13.9. The zero-order chi connectivity index (χ0) is 14.8. The summed E-state index contributed by atoms with van der Waals surface area (Å²) >= 11 is 6.16. The second-order valence-electron chi connectivity index (χ2n) is 4.99. The molecule has 21 heavy (non-hydrogen) atoms. The van der Waals surface area contributed by atoms with Crippen molar-refractivity contribution in [3.63, 3.8) is 0 Å². The Bertz CT molecular complexity index is 688. The Labute approximate surface area is 127 Å². The lowest BCUT2D eigenvalue weighted by molar-refractivity contribution is -0.118. The Morgan fingerprint density at radius 2 is 2.10 bits per heavy atom. The highest BCUT2D eigenvalue weighted by Gasteiger charge is 2.18. The molecule has 5 heteroatoms. The minimum Gasteiger partial charge on any atom is -0.482 e. The molecule has 0 aliphatic carbocycles. The summed E-state index contributed by atoms with van der Waals surface area (Å²) < 4.78 is 5.33. The van der Waals surface area contributed by atoms with Crippen LogP contribution >= 0.6 is 11.6 Å². The Kier molecular flexibility index (Phi) is 3.82. The largest absolute Gasteiger partial charge is 0.482 e. The van der Waals surface area contributed by atoms with E-state index in [4.69, 9.17) is 22.1 Å². The highest BCUT2D eigenvalue weighted by atomic mass is 35.5. The highest BCUT2D eigenvalue weighted by molar-refractivity contribution is 6.31. The molecule has 0 aromatic heterocycles. The molecule has 0 bridgehead atoms. The normalized spacial score (nSPS) is 14.9. The van der Waals surface area contributed by atoms with Crippen LogP contribution in [0.15, 0.2) is 42.5 Å². The lowest BCUT2D eigenvalue weighted by Gasteiger charge is -2.20. The number of anilines is 1. The molecule has 3 N–H and O–H groups in total. The first-order valence-corrected chi connectivity index (χ1v) is 7.07. The third-order valence-electron chi connectivity index (χ3n) is 3.46. The standard InChI is InChI=1S/C16H15ClN2O2/c17-12-4-2-1-3-10(12)7-13(18)11-5-6-15-14(8-11)19-16(20)9-21-15/h1-6,8,13H,7,9,18H2,(H,19,20). The average molecular weight is 303 g/mol. The zero-order valence-electron chi connectivity index (χ0n) is 11.3. The van der Waals surface area contributed by atoms with Crippen LogP contribution in [-0.4, -0.2) is 12.5 Å². The first-order chi connectivity index (χ1) is 10.1. The van der Waals surface area contributed by atoms with Gasteiger partial charge < -0.3 is 15.8 Å². The molecule has 2 aromatic rings. The van der Waals surface area contributed by atoms with Crippen molar-refractivity contribution in [2.45, 2.75) is 12.5 Å². The Hall–Kier alpha value is -2.04. The molecule has 2 aromatic carbocycles. The number of hydrogen-bond donors (Lipinski definition) is 2. The molecule has 0 fully saturated rings. The molecular formula is C16H15ClN2O2. The second kappa shape index (κ2) is 5.76. The van der Waals surface area contributed by atoms with E-state index in [1.807, 2.05) is 42.5 Å².